The Morgan fingerprint density at radius 2 is 1.37 bits per heavy atom. The summed E-state index contributed by atoms with van der Waals surface area (Å²) in [5.41, 5.74) is -2.35. The van der Waals surface area contributed by atoms with Crippen LogP contribution in [0.4, 0.5) is 62.8 Å². The molecule has 2 heterocycles. The Labute approximate surface area is 310 Å². The van der Waals surface area contributed by atoms with Crippen LogP contribution in [0.5, 0.6) is 0 Å². The lowest BCUT2D eigenvalue weighted by Gasteiger charge is -2.39. The molecule has 11 nitrogen and oxygen atoms in total. The molecule has 0 N–H and O–H groups in total. The van der Waals surface area contributed by atoms with Gasteiger partial charge in [0.25, 0.3) is 17.5 Å². The van der Waals surface area contributed by atoms with Crippen molar-refractivity contribution in [3.05, 3.63) is 86.6 Å². The molecule has 0 fully saturated rings. The number of nitrogens with zero attached hydrogens (tertiary/aromatic N) is 3. The van der Waals surface area contributed by atoms with E-state index in [0.29, 0.717) is 4.90 Å². The van der Waals surface area contributed by atoms with Crippen LogP contribution in [0.1, 0.15) is 52.0 Å². The van der Waals surface area contributed by atoms with Crippen LogP contribution in [0.15, 0.2) is 64.8 Å². The number of non-ortho nitro benzene ring substituents is 1. The zero-order valence-electron chi connectivity index (χ0n) is 28.6. The maximum Gasteiger partial charge on any atom is 0.460 e. The Morgan fingerprint density at radius 3 is 1.88 bits per heavy atom. The lowest BCUT2D eigenvalue weighted by Crippen LogP contribution is -2.70. The number of amides is 2. The van der Waals surface area contributed by atoms with E-state index < -0.39 is 119 Å². The van der Waals surface area contributed by atoms with Gasteiger partial charge in [-0.2, -0.15) is 57.1 Å². The molecule has 0 bridgehead atoms. The van der Waals surface area contributed by atoms with Gasteiger partial charge in [0.1, 0.15) is 5.92 Å². The number of ether oxygens (including phenoxy) is 2. The number of carbonyl (C=O) groups excluding carboxylic acids is 4. The fourth-order valence-electron chi connectivity index (χ4n) is 5.97. The van der Waals surface area contributed by atoms with Crippen molar-refractivity contribution in [2.24, 2.45) is 10.9 Å². The van der Waals surface area contributed by atoms with Gasteiger partial charge in [-0.15, -0.1) is 0 Å². The summed E-state index contributed by atoms with van der Waals surface area (Å²) in [5, 5.41) is 11.6. The Balaban J connectivity index is 1.67. The van der Waals surface area contributed by atoms with E-state index in [0.717, 1.165) is 38.3 Å². The van der Waals surface area contributed by atoms with E-state index in [4.69, 9.17) is 9.47 Å². The van der Waals surface area contributed by atoms with Crippen molar-refractivity contribution in [2.75, 3.05) is 20.3 Å². The number of hydrogen-bond donors (Lipinski definition) is 0. The SMILES string of the molecule is COC(=O)C1C(CN2C(=O)c3ccccc3C2=O)=NC(C)=C(C(=O)OCCCC(F)(F)C(F)(F)C(F)(F)C(F)(F)C(F)(F)C(F)(F)F)C1c1cccc([N+](=O)[O-])c1. The van der Waals surface area contributed by atoms with Gasteiger partial charge in [0.15, 0.2) is 0 Å². The third-order valence-electron chi connectivity index (χ3n) is 8.88. The van der Waals surface area contributed by atoms with Crippen LogP contribution in [0.2, 0.25) is 0 Å². The molecular weight excluding hydrogens is 813 g/mol. The average molecular weight is 838 g/mol. The number of benzene rings is 2. The van der Waals surface area contributed by atoms with Gasteiger partial charge >= 0.3 is 47.7 Å². The lowest BCUT2D eigenvalue weighted by atomic mass is 9.75. The molecule has 24 heteroatoms. The molecule has 2 unspecified atom stereocenters. The minimum atomic E-state index is -8.10. The summed E-state index contributed by atoms with van der Waals surface area (Å²) in [5.74, 6) is -46.1. The molecule has 2 aromatic carbocycles. The molecule has 0 radical (unpaired) electrons. The fourth-order valence-corrected chi connectivity index (χ4v) is 5.97. The summed E-state index contributed by atoms with van der Waals surface area (Å²) in [7, 11) is 0.856. The summed E-state index contributed by atoms with van der Waals surface area (Å²) in [6, 6.07) is 9.66. The summed E-state index contributed by atoms with van der Waals surface area (Å²) < 4.78 is 185. The molecule has 310 valence electrons. The van der Waals surface area contributed by atoms with Crippen molar-refractivity contribution in [1.29, 1.82) is 0 Å². The van der Waals surface area contributed by atoms with Crippen LogP contribution in [-0.4, -0.2) is 95.3 Å². The van der Waals surface area contributed by atoms with Gasteiger partial charge in [-0.05, 0) is 31.0 Å². The molecule has 2 amide bonds. The van der Waals surface area contributed by atoms with Crippen molar-refractivity contribution in [3.8, 4) is 0 Å². The number of fused-ring (bicyclic) bond motifs is 1. The predicted molar refractivity (Wildman–Crippen MR) is 164 cm³/mol. The maximum absolute atomic E-state index is 14.4. The van der Waals surface area contributed by atoms with Gasteiger partial charge in [0.05, 0.1) is 47.6 Å². The van der Waals surface area contributed by atoms with Crippen LogP contribution < -0.4 is 0 Å². The molecule has 0 saturated carbocycles. The van der Waals surface area contributed by atoms with Crippen molar-refractivity contribution in [1.82, 2.24) is 4.90 Å². The van der Waals surface area contributed by atoms with Crippen molar-refractivity contribution < 1.29 is 90.7 Å². The molecule has 2 aliphatic heterocycles. The van der Waals surface area contributed by atoms with Gasteiger partial charge in [-0.25, -0.2) is 4.79 Å². The minimum absolute atomic E-state index is 0.0275. The highest BCUT2D eigenvalue weighted by Crippen LogP contribution is 2.60. The van der Waals surface area contributed by atoms with E-state index in [-0.39, 0.29) is 22.4 Å². The second-order valence-electron chi connectivity index (χ2n) is 12.4. The number of alkyl halides is 13. The number of aliphatic imine (C=N–C) groups is 1. The van der Waals surface area contributed by atoms with Gasteiger partial charge in [-0.3, -0.25) is 34.4 Å². The standard InChI is InChI=1S/C33H24F13N3O8/c1-15-21(27(53)57-12-6-11-28(34,35)29(36,37)30(38,39)31(40,41)32(42,43)33(44,45)46)22(16-7-5-8-17(13-16)49(54)55)23(26(52)56-2)20(47-15)14-48-24(50)18-9-3-4-10-19(18)25(48)51/h3-5,7-10,13,22-23H,6,11-12,14H2,1-2H3. The first kappa shape index (κ1) is 44.1. The Morgan fingerprint density at radius 1 is 0.825 bits per heavy atom. The molecule has 2 aliphatic rings. The van der Waals surface area contributed by atoms with Gasteiger partial charge in [-0.1, -0.05) is 24.3 Å². The second kappa shape index (κ2) is 15.1. The second-order valence-corrected chi connectivity index (χ2v) is 12.4. The number of nitro benzene ring substituents is 1. The fraction of sp³-hybridized carbons (Fsp3) is 0.424. The van der Waals surface area contributed by atoms with Crippen molar-refractivity contribution in [2.45, 2.75) is 61.5 Å². The quantitative estimate of drug-likeness (QED) is 0.0474. The predicted octanol–water partition coefficient (Wildman–Crippen LogP) is 7.55. The highest BCUT2D eigenvalue weighted by atomic mass is 19.4. The lowest BCUT2D eigenvalue weighted by molar-refractivity contribution is -0.440. The summed E-state index contributed by atoms with van der Waals surface area (Å²) in [4.78, 5) is 68.7. The molecule has 57 heavy (non-hydrogen) atoms. The third-order valence-corrected chi connectivity index (χ3v) is 8.88. The number of imide groups is 1. The zero-order valence-corrected chi connectivity index (χ0v) is 28.6. The van der Waals surface area contributed by atoms with E-state index in [9.17, 15) is 86.4 Å². The van der Waals surface area contributed by atoms with Crippen LogP contribution in [-0.2, 0) is 19.1 Å². The van der Waals surface area contributed by atoms with Crippen LogP contribution >= 0.6 is 0 Å². The topological polar surface area (TPSA) is 145 Å². The molecule has 2 aromatic rings. The molecule has 0 aliphatic carbocycles. The summed E-state index contributed by atoms with van der Waals surface area (Å²) in [6.45, 7) is -1.15. The number of carbonyl (C=O) groups is 4. The molecule has 0 aromatic heterocycles. The first-order valence-corrected chi connectivity index (χ1v) is 15.8. The van der Waals surface area contributed by atoms with Crippen LogP contribution in [0, 0.1) is 16.0 Å². The van der Waals surface area contributed by atoms with Crippen molar-refractivity contribution >= 4 is 35.2 Å². The normalized spacial score (nSPS) is 18.4. The number of esters is 2. The molecule has 4 rings (SSSR count). The van der Waals surface area contributed by atoms with E-state index in [1.165, 1.54) is 24.3 Å². The summed E-state index contributed by atoms with van der Waals surface area (Å²) in [6.07, 6.45) is -11.9. The van der Waals surface area contributed by atoms with Crippen LogP contribution in [0.3, 0.4) is 0 Å². The first-order valence-electron chi connectivity index (χ1n) is 15.8. The van der Waals surface area contributed by atoms with Gasteiger partial charge in [0, 0.05) is 30.2 Å². The van der Waals surface area contributed by atoms with Gasteiger partial charge < -0.3 is 9.47 Å². The number of nitro groups is 1. The number of rotatable bonds is 14. The van der Waals surface area contributed by atoms with Crippen molar-refractivity contribution in [3.63, 3.8) is 0 Å². The number of hydrogen-bond acceptors (Lipinski definition) is 9. The van der Waals surface area contributed by atoms with E-state index >= 15 is 0 Å². The number of methoxy groups -OCH3 is 1. The maximum atomic E-state index is 14.4. The third kappa shape index (κ3) is 7.40. The highest BCUT2D eigenvalue weighted by Gasteiger charge is 2.90. The largest absolute Gasteiger partial charge is 0.468 e. The monoisotopic (exact) mass is 837 g/mol. The zero-order chi connectivity index (χ0) is 43.3. The Kier molecular flexibility index (Phi) is 11.7. The number of allylic oxidation sites excluding steroid dienone is 1. The highest BCUT2D eigenvalue weighted by molar-refractivity contribution is 6.23. The molecule has 0 spiro atoms. The smallest absolute Gasteiger partial charge is 0.460 e. The summed E-state index contributed by atoms with van der Waals surface area (Å²) >= 11 is 0. The average Bonchev–Trinajstić information content (AvgIpc) is 3.36. The first-order chi connectivity index (χ1) is 26.1. The molecule has 0 saturated heterocycles. The molecular formula is C33H24F13N3O8. The van der Waals surface area contributed by atoms with E-state index in [2.05, 4.69) is 4.99 Å². The Hall–Kier alpha value is -5.58. The molecule has 2 atom stereocenters. The number of halogens is 13. The minimum Gasteiger partial charge on any atom is -0.468 e. The Bertz CT molecular complexity index is 2010. The van der Waals surface area contributed by atoms with Crippen LogP contribution in [0.25, 0.3) is 0 Å². The van der Waals surface area contributed by atoms with E-state index in [1.54, 1.807) is 0 Å². The van der Waals surface area contributed by atoms with E-state index in [1.807, 2.05) is 0 Å². The van der Waals surface area contributed by atoms with Gasteiger partial charge in [0.2, 0.25) is 0 Å².